The molecular weight excluding hydrogens is 212 g/mol. The Labute approximate surface area is 92.5 Å². The van der Waals surface area contributed by atoms with Crippen molar-refractivity contribution in [3.63, 3.8) is 0 Å². The summed E-state index contributed by atoms with van der Waals surface area (Å²) in [7, 11) is 0. The van der Waals surface area contributed by atoms with E-state index in [2.05, 4.69) is 25.3 Å². The van der Waals surface area contributed by atoms with Crippen molar-refractivity contribution in [2.75, 3.05) is 26.3 Å². The smallest absolute Gasteiger partial charge is 0.239 e. The molecule has 1 aromatic heterocycles. The molecule has 7 nitrogen and oxygen atoms in total. The van der Waals surface area contributed by atoms with E-state index in [1.807, 2.05) is 0 Å². The maximum atomic E-state index is 11.6. The van der Waals surface area contributed by atoms with Gasteiger partial charge in [0.25, 0.3) is 0 Å². The van der Waals surface area contributed by atoms with Crippen LogP contribution >= 0.6 is 0 Å². The standard InChI is InChI=1S/C9H14N4O3/c14-9(7-5-15-4-3-10-7)11-2-1-8-12-6-16-13-8/h6-7,10H,1-5H2,(H,11,14). The number of aromatic nitrogens is 2. The molecule has 88 valence electrons. The average Bonchev–Trinajstić information content (AvgIpc) is 2.83. The summed E-state index contributed by atoms with van der Waals surface area (Å²) in [4.78, 5) is 15.5. The van der Waals surface area contributed by atoms with E-state index < -0.39 is 0 Å². The average molecular weight is 226 g/mol. The van der Waals surface area contributed by atoms with E-state index in [1.165, 1.54) is 6.39 Å². The minimum atomic E-state index is -0.251. The quantitative estimate of drug-likeness (QED) is 0.664. The number of nitrogens with zero attached hydrogens (tertiary/aromatic N) is 2. The molecule has 7 heteroatoms. The third-order valence-corrected chi connectivity index (χ3v) is 2.29. The van der Waals surface area contributed by atoms with E-state index in [0.29, 0.717) is 38.5 Å². The first-order valence-electron chi connectivity index (χ1n) is 5.20. The van der Waals surface area contributed by atoms with Crippen molar-refractivity contribution in [2.45, 2.75) is 12.5 Å². The molecule has 1 unspecified atom stereocenters. The fraction of sp³-hybridized carbons (Fsp3) is 0.667. The molecule has 0 aromatic carbocycles. The Morgan fingerprint density at radius 1 is 1.69 bits per heavy atom. The Hall–Kier alpha value is -1.47. The van der Waals surface area contributed by atoms with Crippen LogP contribution in [0.4, 0.5) is 0 Å². The van der Waals surface area contributed by atoms with Gasteiger partial charge >= 0.3 is 0 Å². The molecule has 1 saturated heterocycles. The first kappa shape index (κ1) is 11.0. The normalized spacial score (nSPS) is 20.6. The third-order valence-electron chi connectivity index (χ3n) is 2.29. The fourth-order valence-corrected chi connectivity index (χ4v) is 1.46. The van der Waals surface area contributed by atoms with Crippen molar-refractivity contribution >= 4 is 5.91 Å². The van der Waals surface area contributed by atoms with E-state index in [0.717, 1.165) is 0 Å². The van der Waals surface area contributed by atoms with Gasteiger partial charge in [-0.2, -0.15) is 4.98 Å². The third kappa shape index (κ3) is 3.01. The SMILES string of the molecule is O=C(NCCc1ncon1)C1COCCN1. The van der Waals surface area contributed by atoms with Crippen LogP contribution in [0.3, 0.4) is 0 Å². The lowest BCUT2D eigenvalue weighted by Gasteiger charge is -2.22. The number of morpholine rings is 1. The number of hydrogen-bond acceptors (Lipinski definition) is 6. The molecule has 1 amide bonds. The highest BCUT2D eigenvalue weighted by Gasteiger charge is 2.20. The van der Waals surface area contributed by atoms with Gasteiger partial charge < -0.3 is 19.9 Å². The molecule has 0 aliphatic carbocycles. The molecule has 1 atom stereocenters. The molecule has 16 heavy (non-hydrogen) atoms. The molecule has 2 heterocycles. The summed E-state index contributed by atoms with van der Waals surface area (Å²) in [5.41, 5.74) is 0. The monoisotopic (exact) mass is 226 g/mol. The number of hydrogen-bond donors (Lipinski definition) is 2. The lowest BCUT2D eigenvalue weighted by Crippen LogP contribution is -2.51. The van der Waals surface area contributed by atoms with Gasteiger partial charge in [0.05, 0.1) is 13.2 Å². The molecule has 1 aliphatic heterocycles. The van der Waals surface area contributed by atoms with Gasteiger partial charge in [0.15, 0.2) is 5.82 Å². The van der Waals surface area contributed by atoms with Crippen molar-refractivity contribution < 1.29 is 14.1 Å². The van der Waals surface area contributed by atoms with E-state index in [9.17, 15) is 4.79 Å². The lowest BCUT2D eigenvalue weighted by molar-refractivity contribution is -0.125. The zero-order valence-electron chi connectivity index (χ0n) is 8.81. The van der Waals surface area contributed by atoms with Crippen LogP contribution in [0.1, 0.15) is 5.82 Å². The number of ether oxygens (including phenoxy) is 1. The number of amides is 1. The molecule has 0 spiro atoms. The minimum Gasteiger partial charge on any atom is -0.378 e. The van der Waals surface area contributed by atoms with Crippen molar-refractivity contribution in [2.24, 2.45) is 0 Å². The predicted octanol–water partition coefficient (Wildman–Crippen LogP) is -1.28. The van der Waals surface area contributed by atoms with E-state index >= 15 is 0 Å². The molecule has 1 fully saturated rings. The van der Waals surface area contributed by atoms with Crippen LogP contribution in [0.25, 0.3) is 0 Å². The molecule has 2 N–H and O–H groups in total. The molecule has 2 rings (SSSR count). The van der Waals surface area contributed by atoms with Gasteiger partial charge in [0.1, 0.15) is 6.04 Å². The van der Waals surface area contributed by atoms with Crippen LogP contribution in [0.2, 0.25) is 0 Å². The fourth-order valence-electron chi connectivity index (χ4n) is 1.46. The molecule has 1 aliphatic rings. The summed E-state index contributed by atoms with van der Waals surface area (Å²) in [6.07, 6.45) is 1.84. The minimum absolute atomic E-state index is 0.0526. The van der Waals surface area contributed by atoms with Crippen molar-refractivity contribution in [3.05, 3.63) is 12.2 Å². The maximum Gasteiger partial charge on any atom is 0.239 e. The van der Waals surface area contributed by atoms with Crippen LogP contribution in [0.15, 0.2) is 10.9 Å². The molecule has 1 aromatic rings. The highest BCUT2D eigenvalue weighted by Crippen LogP contribution is 1.93. The van der Waals surface area contributed by atoms with E-state index in [-0.39, 0.29) is 11.9 Å². The second-order valence-electron chi connectivity index (χ2n) is 3.47. The van der Waals surface area contributed by atoms with Crippen LogP contribution in [0.5, 0.6) is 0 Å². The van der Waals surface area contributed by atoms with Gasteiger partial charge in [-0.05, 0) is 0 Å². The van der Waals surface area contributed by atoms with Gasteiger partial charge in [-0.3, -0.25) is 4.79 Å². The van der Waals surface area contributed by atoms with E-state index in [4.69, 9.17) is 4.74 Å². The Morgan fingerprint density at radius 3 is 3.31 bits per heavy atom. The number of carbonyl (C=O) groups is 1. The van der Waals surface area contributed by atoms with Crippen LogP contribution in [-0.2, 0) is 16.0 Å². The topological polar surface area (TPSA) is 89.3 Å². The first-order chi connectivity index (χ1) is 7.86. The summed E-state index contributed by atoms with van der Waals surface area (Å²) in [5.74, 6) is 0.538. The lowest BCUT2D eigenvalue weighted by atomic mass is 10.2. The second kappa shape index (κ2) is 5.57. The molecular formula is C9H14N4O3. The summed E-state index contributed by atoms with van der Waals surface area (Å²) < 4.78 is 9.77. The van der Waals surface area contributed by atoms with Crippen LogP contribution < -0.4 is 10.6 Å². The maximum absolute atomic E-state index is 11.6. The molecule has 0 saturated carbocycles. The highest BCUT2D eigenvalue weighted by atomic mass is 16.5. The molecule has 0 radical (unpaired) electrons. The van der Waals surface area contributed by atoms with Gasteiger partial charge in [-0.1, -0.05) is 5.16 Å². The number of carbonyl (C=O) groups excluding carboxylic acids is 1. The summed E-state index contributed by atoms with van der Waals surface area (Å²) in [6, 6.07) is -0.251. The van der Waals surface area contributed by atoms with E-state index in [1.54, 1.807) is 0 Å². The Bertz CT molecular complexity index is 322. The summed E-state index contributed by atoms with van der Waals surface area (Å²) in [6.45, 7) is 2.29. The number of nitrogens with one attached hydrogen (secondary N) is 2. The Balaban J connectivity index is 1.67. The Morgan fingerprint density at radius 2 is 2.62 bits per heavy atom. The summed E-state index contributed by atoms with van der Waals surface area (Å²) in [5, 5.41) is 9.51. The van der Waals surface area contributed by atoms with Crippen molar-refractivity contribution in [1.82, 2.24) is 20.8 Å². The van der Waals surface area contributed by atoms with Gasteiger partial charge in [0, 0.05) is 19.5 Å². The largest absolute Gasteiger partial charge is 0.378 e. The second-order valence-corrected chi connectivity index (χ2v) is 3.47. The first-order valence-corrected chi connectivity index (χ1v) is 5.20. The zero-order valence-corrected chi connectivity index (χ0v) is 8.81. The molecule has 0 bridgehead atoms. The van der Waals surface area contributed by atoms with Crippen LogP contribution in [-0.4, -0.2) is 48.4 Å². The van der Waals surface area contributed by atoms with Gasteiger partial charge in [0.2, 0.25) is 12.3 Å². The predicted molar refractivity (Wildman–Crippen MR) is 53.6 cm³/mol. The van der Waals surface area contributed by atoms with Crippen molar-refractivity contribution in [3.8, 4) is 0 Å². The Kier molecular flexibility index (Phi) is 3.84. The number of rotatable bonds is 4. The van der Waals surface area contributed by atoms with Gasteiger partial charge in [-0.15, -0.1) is 0 Å². The zero-order chi connectivity index (χ0) is 11.2. The van der Waals surface area contributed by atoms with Gasteiger partial charge in [-0.25, -0.2) is 0 Å². The van der Waals surface area contributed by atoms with Crippen molar-refractivity contribution in [1.29, 1.82) is 0 Å². The summed E-state index contributed by atoms with van der Waals surface area (Å²) >= 11 is 0. The highest BCUT2D eigenvalue weighted by molar-refractivity contribution is 5.81. The van der Waals surface area contributed by atoms with Crippen LogP contribution in [0, 0.1) is 0 Å².